The molecule has 0 aromatic rings. The molecule has 10 heavy (non-hydrogen) atoms. The van der Waals surface area contributed by atoms with Crippen molar-refractivity contribution >= 4 is 6.03 Å². The van der Waals surface area contributed by atoms with Crippen LogP contribution >= 0.6 is 0 Å². The molecule has 0 bridgehead atoms. The van der Waals surface area contributed by atoms with Gasteiger partial charge in [-0.15, -0.1) is 0 Å². The molecule has 0 saturated heterocycles. The first kappa shape index (κ1) is 159. The van der Waals surface area contributed by atoms with Crippen LogP contribution in [0.5, 0.6) is 0 Å². The normalized spacial score (nSPS) is 2.40. The van der Waals surface area contributed by atoms with Crippen LogP contribution in [-0.4, -0.2) is 6.03 Å². The molecule has 0 aliphatic rings. The molecule has 72 valence electrons. The highest BCUT2D eigenvalue weighted by Gasteiger charge is 1.60. The van der Waals surface area contributed by atoms with Gasteiger partial charge in [0, 0.05) is 0 Å². The standard InChI is InChI=1S/CH4N2O.6FH/c2-1(3)4;;;;;;/h(H4,2,3,4);6*1H. The number of hydrogen-bond donors (Lipinski definition) is 2. The third kappa shape index (κ3) is 177. The molecule has 0 unspecified atom stereocenters. The molecule has 0 saturated carbocycles. The van der Waals surface area contributed by atoms with E-state index in [9.17, 15) is 0 Å². The Hall–Kier alpha value is -1.15. The van der Waals surface area contributed by atoms with Crippen molar-refractivity contribution < 1.29 is 33.0 Å². The van der Waals surface area contributed by atoms with Crippen molar-refractivity contribution in [3.05, 3.63) is 0 Å². The fourth-order valence-electron chi connectivity index (χ4n) is 0. The van der Waals surface area contributed by atoms with E-state index in [4.69, 9.17) is 4.79 Å². The van der Waals surface area contributed by atoms with Gasteiger partial charge in [-0.2, -0.15) is 0 Å². The third-order valence-electron chi connectivity index (χ3n) is 0. The lowest BCUT2D eigenvalue weighted by Gasteiger charge is -1.62. The summed E-state index contributed by atoms with van der Waals surface area (Å²) in [6.07, 6.45) is 0. The van der Waals surface area contributed by atoms with E-state index < -0.39 is 6.03 Å². The molecule has 0 aromatic heterocycles. The average Bonchev–Trinajstić information content (AvgIpc) is 0.811. The summed E-state index contributed by atoms with van der Waals surface area (Å²) < 4.78 is 0. The summed E-state index contributed by atoms with van der Waals surface area (Å²) in [4.78, 5) is 9.00. The number of carbonyl (C=O) groups excluding carboxylic acids is 1. The van der Waals surface area contributed by atoms with Gasteiger partial charge in [-0.05, 0) is 0 Å². The number of rotatable bonds is 0. The Kier molecular flexibility index (Phi) is 1710. The van der Waals surface area contributed by atoms with E-state index >= 15 is 0 Å². The van der Waals surface area contributed by atoms with Crippen molar-refractivity contribution in [3.8, 4) is 0 Å². The molecule has 0 heterocycles. The minimum absolute atomic E-state index is 0. The first-order valence-corrected chi connectivity index (χ1v) is 0.781. The van der Waals surface area contributed by atoms with Gasteiger partial charge in [0.2, 0.25) is 0 Å². The van der Waals surface area contributed by atoms with Crippen molar-refractivity contribution in [3.63, 3.8) is 0 Å². The molecule has 3 nitrogen and oxygen atoms in total. The summed E-state index contributed by atoms with van der Waals surface area (Å²) in [7, 11) is 0. The number of hydrogen-bond acceptors (Lipinski definition) is 1. The van der Waals surface area contributed by atoms with E-state index in [0.717, 1.165) is 0 Å². The summed E-state index contributed by atoms with van der Waals surface area (Å²) in [5.74, 6) is 0. The molecule has 0 aromatic carbocycles. The quantitative estimate of drug-likeness (QED) is 0.503. The van der Waals surface area contributed by atoms with Crippen LogP contribution in [0.4, 0.5) is 33.0 Å². The van der Waals surface area contributed by atoms with Crippen LogP contribution in [0, 0.1) is 0 Å². The minimum atomic E-state index is -0.833. The Morgan fingerprint density at radius 2 is 0.700 bits per heavy atom. The number of halogens is 6. The van der Waals surface area contributed by atoms with Gasteiger partial charge in [-0.25, -0.2) is 4.79 Å². The molecule has 0 aliphatic carbocycles. The Morgan fingerprint density at radius 1 is 0.700 bits per heavy atom. The number of amides is 2. The predicted octanol–water partition coefficient (Wildman–Crippen LogP) is -0.0612. The Bertz CT molecular complexity index is 38.7. The van der Waals surface area contributed by atoms with E-state index in [-0.39, 0.29) is 28.2 Å². The van der Waals surface area contributed by atoms with E-state index in [1.807, 2.05) is 0 Å². The zero-order valence-electron chi connectivity index (χ0n) is 4.51. The summed E-state index contributed by atoms with van der Waals surface area (Å²) in [5.41, 5.74) is 8.50. The zero-order valence-corrected chi connectivity index (χ0v) is 4.51. The third-order valence-corrected chi connectivity index (χ3v) is 0. The largest absolute Gasteiger partial charge is 0.352 e. The van der Waals surface area contributed by atoms with Crippen LogP contribution < -0.4 is 11.5 Å². The van der Waals surface area contributed by atoms with Gasteiger partial charge < -0.3 is 11.5 Å². The van der Waals surface area contributed by atoms with Crippen molar-refractivity contribution in [2.75, 3.05) is 0 Å². The molecule has 0 spiro atoms. The highest BCUT2D eigenvalue weighted by Crippen LogP contribution is 1.25. The number of urea groups is 1. The van der Waals surface area contributed by atoms with E-state index in [2.05, 4.69) is 11.5 Å². The molecule has 0 aliphatic heterocycles. The van der Waals surface area contributed by atoms with Gasteiger partial charge in [0.05, 0.1) is 0 Å². The second-order valence-corrected chi connectivity index (χ2v) is 0.402. The summed E-state index contributed by atoms with van der Waals surface area (Å²) in [5, 5.41) is 0. The number of carbonyl (C=O) groups is 1. The lowest BCUT2D eigenvalue weighted by molar-refractivity contribution is 0.256. The summed E-state index contributed by atoms with van der Waals surface area (Å²) in [6, 6.07) is -0.833. The summed E-state index contributed by atoms with van der Waals surface area (Å²) in [6.45, 7) is 0. The highest BCUT2D eigenvalue weighted by atomic mass is 19.0. The lowest BCUT2D eigenvalue weighted by atomic mass is 11.2. The second-order valence-electron chi connectivity index (χ2n) is 0.402. The maximum atomic E-state index is 9.00. The first-order valence-electron chi connectivity index (χ1n) is 0.781. The van der Waals surface area contributed by atoms with Crippen LogP contribution in [-0.2, 0) is 0 Å². The fraction of sp³-hybridized carbons (Fsp3) is 0. The number of nitrogens with two attached hydrogens (primary N) is 2. The van der Waals surface area contributed by atoms with Gasteiger partial charge in [0.1, 0.15) is 0 Å². The van der Waals surface area contributed by atoms with E-state index in [0.29, 0.717) is 0 Å². The summed E-state index contributed by atoms with van der Waals surface area (Å²) >= 11 is 0. The maximum Gasteiger partial charge on any atom is 0.309 e. The zero-order chi connectivity index (χ0) is 3.58. The molecule has 0 rings (SSSR count). The van der Waals surface area contributed by atoms with Crippen molar-refractivity contribution in [2.24, 2.45) is 11.5 Å². The van der Waals surface area contributed by atoms with Crippen LogP contribution in [0.25, 0.3) is 0 Å². The molecule has 4 N–H and O–H groups in total. The molecular formula is CH10F6N2O. The van der Waals surface area contributed by atoms with Gasteiger partial charge in [-0.3, -0.25) is 28.2 Å². The van der Waals surface area contributed by atoms with Crippen molar-refractivity contribution in [1.82, 2.24) is 0 Å². The molecule has 0 atom stereocenters. The average molecular weight is 180 g/mol. The van der Waals surface area contributed by atoms with Crippen LogP contribution in [0.1, 0.15) is 0 Å². The van der Waals surface area contributed by atoms with Crippen LogP contribution in [0.2, 0.25) is 0 Å². The molecule has 9 heteroatoms. The Labute approximate surface area is 52.0 Å². The molecule has 2 amide bonds. The van der Waals surface area contributed by atoms with Gasteiger partial charge >= 0.3 is 6.03 Å². The van der Waals surface area contributed by atoms with Gasteiger partial charge in [-0.1, -0.05) is 0 Å². The topological polar surface area (TPSA) is 69.1 Å². The molecular weight excluding hydrogens is 170 g/mol. The smallest absolute Gasteiger partial charge is 0.309 e. The van der Waals surface area contributed by atoms with Crippen molar-refractivity contribution in [2.45, 2.75) is 0 Å². The molecule has 0 radical (unpaired) electrons. The minimum Gasteiger partial charge on any atom is -0.352 e. The van der Waals surface area contributed by atoms with Gasteiger partial charge in [0.15, 0.2) is 0 Å². The van der Waals surface area contributed by atoms with Crippen LogP contribution in [0.15, 0.2) is 0 Å². The van der Waals surface area contributed by atoms with Crippen molar-refractivity contribution in [1.29, 1.82) is 0 Å². The lowest BCUT2D eigenvalue weighted by Crippen LogP contribution is -2.18. The second kappa shape index (κ2) is 108. The fourth-order valence-corrected chi connectivity index (χ4v) is 0. The Morgan fingerprint density at radius 3 is 0.700 bits per heavy atom. The first-order chi connectivity index (χ1) is 1.73. The van der Waals surface area contributed by atoms with E-state index in [1.54, 1.807) is 0 Å². The molecule has 0 fully saturated rings. The predicted molar refractivity (Wildman–Crippen MR) is 28.8 cm³/mol. The van der Waals surface area contributed by atoms with E-state index in [1.165, 1.54) is 0 Å². The monoisotopic (exact) mass is 180 g/mol. The number of primary amides is 2. The SMILES string of the molecule is F.F.F.F.F.F.NC(N)=O. The Balaban J connectivity index is -0.00000000300. The van der Waals surface area contributed by atoms with Crippen LogP contribution in [0.3, 0.4) is 0 Å². The highest BCUT2D eigenvalue weighted by molar-refractivity contribution is 5.69. The van der Waals surface area contributed by atoms with Gasteiger partial charge in [0.25, 0.3) is 0 Å². The maximum absolute atomic E-state index is 9.00.